The highest BCUT2D eigenvalue weighted by Crippen LogP contribution is 2.41. The van der Waals surface area contributed by atoms with Gasteiger partial charge in [-0.15, -0.1) is 0 Å². The molecule has 210 valence electrons. The number of hydrogen-bond donors (Lipinski definition) is 0. The first kappa shape index (κ1) is 26.3. The van der Waals surface area contributed by atoms with Gasteiger partial charge in [-0.2, -0.15) is 0 Å². The molecule has 4 aromatic carbocycles. The predicted octanol–water partition coefficient (Wildman–Crippen LogP) is 7.22. The third-order valence-electron chi connectivity index (χ3n) is 8.43. The first-order chi connectivity index (χ1) is 21.0. The number of para-hydroxylation sites is 1. The minimum atomic E-state index is -0.246. The lowest BCUT2D eigenvalue weighted by Crippen LogP contribution is -2.38. The molecule has 43 heavy (non-hydrogen) atoms. The molecule has 0 amide bonds. The van der Waals surface area contributed by atoms with Crippen LogP contribution in [0.15, 0.2) is 123 Å². The number of aryl methyl sites for hydroxylation is 1. The van der Waals surface area contributed by atoms with Crippen LogP contribution in [0.4, 0.5) is 4.39 Å². The van der Waals surface area contributed by atoms with Crippen LogP contribution in [0.5, 0.6) is 0 Å². The van der Waals surface area contributed by atoms with E-state index in [0.717, 1.165) is 61.0 Å². The summed E-state index contributed by atoms with van der Waals surface area (Å²) < 4.78 is 19.2. The summed E-state index contributed by atoms with van der Waals surface area (Å²) in [5.74, 6) is -0.246. The molecule has 2 aliphatic rings. The summed E-state index contributed by atoms with van der Waals surface area (Å²) in [7, 11) is 0. The van der Waals surface area contributed by atoms with Crippen molar-refractivity contribution in [1.82, 2.24) is 9.13 Å². The van der Waals surface area contributed by atoms with Crippen LogP contribution in [-0.2, 0) is 13.0 Å². The Morgan fingerprint density at radius 1 is 0.930 bits per heavy atom. The van der Waals surface area contributed by atoms with Gasteiger partial charge in [0.1, 0.15) is 5.82 Å². The van der Waals surface area contributed by atoms with Gasteiger partial charge in [0.25, 0.3) is 5.56 Å². The molecule has 0 bridgehead atoms. The summed E-state index contributed by atoms with van der Waals surface area (Å²) in [6.45, 7) is 0.603. The van der Waals surface area contributed by atoms with Crippen molar-refractivity contribution in [3.63, 3.8) is 0 Å². The Balaban J connectivity index is 1.31. The number of halogens is 2. The molecule has 0 N–H and O–H groups in total. The monoisotopic (exact) mass is 645 g/mol. The van der Waals surface area contributed by atoms with E-state index in [2.05, 4.69) is 75.2 Å². The van der Waals surface area contributed by atoms with Gasteiger partial charge in [-0.05, 0) is 71.5 Å². The van der Waals surface area contributed by atoms with Crippen molar-refractivity contribution in [2.45, 2.75) is 25.4 Å². The van der Waals surface area contributed by atoms with Crippen molar-refractivity contribution in [3.8, 4) is 0 Å². The largest absolute Gasteiger partial charge is 0.342 e. The Kier molecular flexibility index (Phi) is 6.38. The Hall–Kier alpha value is -4.33. The zero-order chi connectivity index (χ0) is 29.1. The molecule has 1 aliphatic heterocycles. The minimum absolute atomic E-state index is 0.0301. The average molecular weight is 647 g/mol. The molecule has 0 spiro atoms. The SMILES string of the molecule is O=c1c(=Cc2cn(Cc3ccc(F)cc3)c3ccccc23)sc2n1C(c1ccc(Br)cc1)C1=C(N=2)c2ccccc2CC1. The van der Waals surface area contributed by atoms with E-state index in [1.54, 1.807) is 0 Å². The maximum absolute atomic E-state index is 14.3. The molecule has 1 aliphatic carbocycles. The van der Waals surface area contributed by atoms with Crippen molar-refractivity contribution in [2.24, 2.45) is 4.99 Å². The second kappa shape index (κ2) is 10.4. The van der Waals surface area contributed by atoms with Crippen molar-refractivity contribution >= 4 is 49.9 Å². The van der Waals surface area contributed by atoms with E-state index in [-0.39, 0.29) is 17.4 Å². The lowest BCUT2D eigenvalue weighted by Gasteiger charge is -2.30. The van der Waals surface area contributed by atoms with E-state index in [9.17, 15) is 9.18 Å². The van der Waals surface area contributed by atoms with E-state index in [1.165, 1.54) is 34.6 Å². The summed E-state index contributed by atoms with van der Waals surface area (Å²) in [5, 5.41) is 1.06. The smallest absolute Gasteiger partial charge is 0.271 e. The highest BCUT2D eigenvalue weighted by atomic mass is 79.9. The highest BCUT2D eigenvalue weighted by Gasteiger charge is 2.32. The van der Waals surface area contributed by atoms with Gasteiger partial charge in [0.05, 0.1) is 16.3 Å². The zero-order valence-electron chi connectivity index (χ0n) is 23.0. The number of benzene rings is 4. The van der Waals surface area contributed by atoms with E-state index in [1.807, 2.05) is 47.0 Å². The number of thiazole rings is 1. The van der Waals surface area contributed by atoms with Crippen molar-refractivity contribution in [3.05, 3.63) is 167 Å². The zero-order valence-corrected chi connectivity index (χ0v) is 25.4. The Labute approximate surface area is 259 Å². The Bertz CT molecular complexity index is 2260. The number of allylic oxidation sites excluding steroid dienone is 1. The molecule has 1 unspecified atom stereocenters. The van der Waals surface area contributed by atoms with Gasteiger partial charge >= 0.3 is 0 Å². The second-order valence-corrected chi connectivity index (χ2v) is 12.9. The molecule has 8 rings (SSSR count). The molecule has 0 radical (unpaired) electrons. The number of aromatic nitrogens is 2. The quantitative estimate of drug-likeness (QED) is 0.199. The molecule has 1 atom stereocenters. The van der Waals surface area contributed by atoms with Crippen molar-refractivity contribution in [2.75, 3.05) is 0 Å². The van der Waals surface area contributed by atoms with E-state index in [4.69, 9.17) is 4.99 Å². The molecule has 0 saturated heterocycles. The van der Waals surface area contributed by atoms with Crippen LogP contribution in [0, 0.1) is 5.82 Å². The topological polar surface area (TPSA) is 39.3 Å². The first-order valence-corrected chi connectivity index (χ1v) is 15.9. The van der Waals surface area contributed by atoms with Crippen LogP contribution in [0.3, 0.4) is 0 Å². The third kappa shape index (κ3) is 4.55. The molecule has 7 heteroatoms. The normalized spacial score (nSPS) is 16.1. The van der Waals surface area contributed by atoms with E-state index >= 15 is 0 Å². The maximum Gasteiger partial charge on any atom is 0.271 e. The fraction of sp³-hybridized carbons (Fsp3) is 0.111. The van der Waals surface area contributed by atoms with Gasteiger partial charge in [-0.3, -0.25) is 9.36 Å². The molecule has 0 saturated carbocycles. The summed E-state index contributed by atoms with van der Waals surface area (Å²) in [6, 6.07) is 31.3. The first-order valence-electron chi connectivity index (χ1n) is 14.2. The molecule has 2 aromatic heterocycles. The van der Waals surface area contributed by atoms with Crippen molar-refractivity contribution in [1.29, 1.82) is 0 Å². The molecule has 3 heterocycles. The van der Waals surface area contributed by atoms with Crippen molar-refractivity contribution < 1.29 is 4.39 Å². The molecular formula is C36H25BrFN3OS. The van der Waals surface area contributed by atoms with Gasteiger partial charge in [0, 0.05) is 39.2 Å². The lowest BCUT2D eigenvalue weighted by atomic mass is 9.83. The second-order valence-electron chi connectivity index (χ2n) is 11.0. The molecule has 4 nitrogen and oxygen atoms in total. The van der Waals surface area contributed by atoms with Gasteiger partial charge in [0.15, 0.2) is 4.80 Å². The fourth-order valence-electron chi connectivity index (χ4n) is 6.42. The van der Waals surface area contributed by atoms with Crippen LogP contribution < -0.4 is 14.9 Å². The number of fused-ring (bicyclic) bond motifs is 4. The summed E-state index contributed by atoms with van der Waals surface area (Å²) >= 11 is 5.02. The Morgan fingerprint density at radius 3 is 2.53 bits per heavy atom. The third-order valence-corrected chi connectivity index (χ3v) is 9.94. The maximum atomic E-state index is 14.3. The number of rotatable bonds is 4. The van der Waals surface area contributed by atoms with Gasteiger partial charge in [0.2, 0.25) is 0 Å². The summed E-state index contributed by atoms with van der Waals surface area (Å²) in [6.07, 6.45) is 5.87. The van der Waals surface area contributed by atoms with Crippen LogP contribution in [0.25, 0.3) is 22.7 Å². The standard InChI is InChI=1S/C36H25BrFN3OS/c37-26-14-11-24(12-15-26)34-30-18-13-23-5-1-2-7-29(23)33(30)39-36-41(34)35(42)32(43-36)19-25-21-40(31-8-4-3-6-28(25)31)20-22-9-16-27(38)17-10-22/h1-12,14-17,19,21,34H,13,18,20H2. The predicted molar refractivity (Wildman–Crippen MR) is 174 cm³/mol. The van der Waals surface area contributed by atoms with E-state index in [0.29, 0.717) is 11.1 Å². The number of nitrogens with zero attached hydrogens (tertiary/aromatic N) is 3. The molecular weight excluding hydrogens is 621 g/mol. The fourth-order valence-corrected chi connectivity index (χ4v) is 7.67. The van der Waals surface area contributed by atoms with Crippen LogP contribution in [0.1, 0.15) is 40.3 Å². The van der Waals surface area contributed by atoms with Crippen LogP contribution in [-0.4, -0.2) is 9.13 Å². The molecule has 0 fully saturated rings. The van der Waals surface area contributed by atoms with Crippen LogP contribution >= 0.6 is 27.3 Å². The van der Waals surface area contributed by atoms with E-state index < -0.39 is 0 Å². The number of hydrogen-bond acceptors (Lipinski definition) is 3. The summed E-state index contributed by atoms with van der Waals surface area (Å²) in [5.41, 5.74) is 8.73. The van der Waals surface area contributed by atoms with Gasteiger partial charge in [-0.25, -0.2) is 9.38 Å². The highest BCUT2D eigenvalue weighted by molar-refractivity contribution is 9.10. The lowest BCUT2D eigenvalue weighted by molar-refractivity contribution is 0.585. The molecule has 6 aromatic rings. The average Bonchev–Trinajstić information content (AvgIpc) is 3.54. The summed E-state index contributed by atoms with van der Waals surface area (Å²) in [4.78, 5) is 20.1. The van der Waals surface area contributed by atoms with Gasteiger partial charge < -0.3 is 4.57 Å². The Morgan fingerprint density at radius 2 is 1.70 bits per heavy atom. The van der Waals surface area contributed by atoms with Crippen LogP contribution in [0.2, 0.25) is 0 Å². The van der Waals surface area contributed by atoms with Gasteiger partial charge in [-0.1, -0.05) is 94.0 Å². The minimum Gasteiger partial charge on any atom is -0.342 e.